The maximum absolute atomic E-state index is 13.5. The minimum atomic E-state index is -3.88. The first-order valence-corrected chi connectivity index (χ1v) is 10.1. The molecular formula is C19H23FN2O3S. The molecule has 26 heavy (non-hydrogen) atoms. The van der Waals surface area contributed by atoms with Crippen LogP contribution in [0.1, 0.15) is 24.0 Å². The number of methoxy groups -OCH3 is 1. The van der Waals surface area contributed by atoms with Gasteiger partial charge in [0.2, 0.25) is 10.0 Å². The molecule has 7 heteroatoms. The number of halogens is 1. The molecule has 0 amide bonds. The molecule has 0 bridgehead atoms. The summed E-state index contributed by atoms with van der Waals surface area (Å²) in [4.78, 5) is 2.19. The molecule has 1 saturated heterocycles. The molecular weight excluding hydrogens is 355 g/mol. The molecule has 0 aliphatic carbocycles. The Balaban J connectivity index is 1.71. The second kappa shape index (κ2) is 8.16. The lowest BCUT2D eigenvalue weighted by Gasteiger charge is -2.15. The maximum Gasteiger partial charge on any atom is 0.244 e. The Labute approximate surface area is 153 Å². The van der Waals surface area contributed by atoms with Crippen LogP contribution in [0.2, 0.25) is 0 Å². The third-order valence-corrected chi connectivity index (χ3v) is 5.90. The second-order valence-electron chi connectivity index (χ2n) is 6.42. The zero-order valence-corrected chi connectivity index (χ0v) is 15.6. The smallest absolute Gasteiger partial charge is 0.244 e. The van der Waals surface area contributed by atoms with Crippen molar-refractivity contribution >= 4 is 10.0 Å². The summed E-state index contributed by atoms with van der Waals surface area (Å²) in [6, 6.07) is 11.3. The normalized spacial score (nSPS) is 15.3. The molecule has 1 fully saturated rings. The lowest BCUT2D eigenvalue weighted by Crippen LogP contribution is -2.24. The van der Waals surface area contributed by atoms with Gasteiger partial charge in [-0.25, -0.2) is 17.5 Å². The van der Waals surface area contributed by atoms with Crippen molar-refractivity contribution in [3.05, 3.63) is 59.4 Å². The van der Waals surface area contributed by atoms with Gasteiger partial charge in [0, 0.05) is 13.1 Å². The Bertz CT molecular complexity index is 865. The molecule has 0 radical (unpaired) electrons. The van der Waals surface area contributed by atoms with Crippen LogP contribution in [0.25, 0.3) is 0 Å². The number of ether oxygens (including phenoxy) is 1. The third-order valence-electron chi connectivity index (χ3n) is 4.48. The van der Waals surface area contributed by atoms with Crippen molar-refractivity contribution in [3.8, 4) is 5.75 Å². The molecule has 2 aromatic rings. The molecule has 0 aromatic heterocycles. The van der Waals surface area contributed by atoms with Gasteiger partial charge in [-0.3, -0.25) is 4.90 Å². The highest BCUT2D eigenvalue weighted by atomic mass is 32.2. The van der Waals surface area contributed by atoms with E-state index in [0.29, 0.717) is 0 Å². The fourth-order valence-corrected chi connectivity index (χ4v) is 4.35. The van der Waals surface area contributed by atoms with Crippen LogP contribution in [-0.2, 0) is 23.1 Å². The fraction of sp³-hybridized carbons (Fsp3) is 0.368. The summed E-state index contributed by atoms with van der Waals surface area (Å²) in [6.07, 6.45) is 2.46. The highest BCUT2D eigenvalue weighted by Crippen LogP contribution is 2.24. The Morgan fingerprint density at radius 1 is 1.12 bits per heavy atom. The average Bonchev–Trinajstić information content (AvgIpc) is 3.13. The summed E-state index contributed by atoms with van der Waals surface area (Å²) >= 11 is 0. The van der Waals surface area contributed by atoms with E-state index in [1.807, 2.05) is 24.3 Å². The van der Waals surface area contributed by atoms with E-state index in [9.17, 15) is 12.8 Å². The Morgan fingerprint density at radius 2 is 1.85 bits per heavy atom. The molecule has 1 N–H and O–H groups in total. The molecule has 0 unspecified atom stereocenters. The van der Waals surface area contributed by atoms with Crippen LogP contribution >= 0.6 is 0 Å². The molecule has 0 spiro atoms. The van der Waals surface area contributed by atoms with Crippen LogP contribution in [0, 0.1) is 5.82 Å². The van der Waals surface area contributed by atoms with Crippen molar-refractivity contribution in [2.75, 3.05) is 20.2 Å². The van der Waals surface area contributed by atoms with Crippen molar-refractivity contribution in [1.29, 1.82) is 0 Å². The summed E-state index contributed by atoms with van der Waals surface area (Å²) in [5, 5.41) is 0. The minimum absolute atomic E-state index is 0.113. The molecule has 1 aliphatic heterocycles. The van der Waals surface area contributed by atoms with Crippen LogP contribution < -0.4 is 9.46 Å². The van der Waals surface area contributed by atoms with Crippen molar-refractivity contribution in [1.82, 2.24) is 9.62 Å². The van der Waals surface area contributed by atoms with Gasteiger partial charge in [0.1, 0.15) is 16.5 Å². The van der Waals surface area contributed by atoms with E-state index in [-0.39, 0.29) is 17.2 Å². The molecule has 140 valence electrons. The third kappa shape index (κ3) is 4.60. The highest BCUT2D eigenvalue weighted by Gasteiger charge is 2.20. The van der Waals surface area contributed by atoms with Crippen LogP contribution in [0.15, 0.2) is 47.4 Å². The molecule has 1 aliphatic rings. The molecule has 1 heterocycles. The van der Waals surface area contributed by atoms with Gasteiger partial charge < -0.3 is 4.74 Å². The molecule has 0 atom stereocenters. The van der Waals surface area contributed by atoms with Crippen molar-refractivity contribution in [3.63, 3.8) is 0 Å². The van der Waals surface area contributed by atoms with Crippen molar-refractivity contribution < 1.29 is 17.5 Å². The lowest BCUT2D eigenvalue weighted by atomic mass is 10.1. The van der Waals surface area contributed by atoms with Gasteiger partial charge in [0.05, 0.1) is 7.11 Å². The number of rotatable bonds is 7. The summed E-state index contributed by atoms with van der Waals surface area (Å²) in [5.74, 6) is -0.513. The van der Waals surface area contributed by atoms with Gasteiger partial charge in [0.15, 0.2) is 0 Å². The molecule has 0 saturated carbocycles. The van der Waals surface area contributed by atoms with E-state index in [0.717, 1.165) is 36.8 Å². The molecule has 3 rings (SSSR count). The largest absolute Gasteiger partial charge is 0.495 e. The summed E-state index contributed by atoms with van der Waals surface area (Å²) < 4.78 is 46.1. The van der Waals surface area contributed by atoms with Gasteiger partial charge in [-0.15, -0.1) is 0 Å². The monoisotopic (exact) mass is 378 g/mol. The molecule has 5 nitrogen and oxygen atoms in total. The Hall–Kier alpha value is -1.96. The first-order valence-electron chi connectivity index (χ1n) is 8.61. The number of benzene rings is 2. The fourth-order valence-electron chi connectivity index (χ4n) is 3.15. The highest BCUT2D eigenvalue weighted by molar-refractivity contribution is 7.89. The predicted octanol–water partition coefficient (Wildman–Crippen LogP) is 2.91. The van der Waals surface area contributed by atoms with Gasteiger partial charge >= 0.3 is 0 Å². The zero-order valence-electron chi connectivity index (χ0n) is 14.7. The average molecular weight is 378 g/mol. The van der Waals surface area contributed by atoms with E-state index in [2.05, 4.69) is 9.62 Å². The Morgan fingerprint density at radius 3 is 2.58 bits per heavy atom. The molecule has 2 aromatic carbocycles. The SMILES string of the molecule is COc1ccc(F)cc1S(=O)(=O)NCc1cccc(CN2CCCC2)c1. The van der Waals surface area contributed by atoms with E-state index >= 15 is 0 Å². The minimum Gasteiger partial charge on any atom is -0.495 e. The van der Waals surface area contributed by atoms with Gasteiger partial charge in [-0.05, 0) is 55.3 Å². The number of nitrogens with one attached hydrogen (secondary N) is 1. The summed E-state index contributed by atoms with van der Waals surface area (Å²) in [7, 11) is -2.53. The lowest BCUT2D eigenvalue weighted by molar-refractivity contribution is 0.331. The van der Waals surface area contributed by atoms with E-state index < -0.39 is 15.8 Å². The van der Waals surface area contributed by atoms with E-state index in [4.69, 9.17) is 4.74 Å². The Kier molecular flexibility index (Phi) is 5.90. The van der Waals surface area contributed by atoms with Gasteiger partial charge in [-0.1, -0.05) is 24.3 Å². The number of hydrogen-bond acceptors (Lipinski definition) is 4. The number of likely N-dealkylation sites (tertiary alicyclic amines) is 1. The maximum atomic E-state index is 13.5. The quantitative estimate of drug-likeness (QED) is 0.805. The van der Waals surface area contributed by atoms with Crippen LogP contribution in [-0.4, -0.2) is 33.5 Å². The number of sulfonamides is 1. The van der Waals surface area contributed by atoms with Crippen LogP contribution in [0.3, 0.4) is 0 Å². The topological polar surface area (TPSA) is 58.6 Å². The van der Waals surface area contributed by atoms with E-state index in [1.165, 1.54) is 32.1 Å². The van der Waals surface area contributed by atoms with Crippen LogP contribution in [0.4, 0.5) is 4.39 Å². The van der Waals surface area contributed by atoms with Crippen molar-refractivity contribution in [2.24, 2.45) is 0 Å². The first-order chi connectivity index (χ1) is 12.5. The standard InChI is InChI=1S/C19H23FN2O3S/c1-25-18-8-7-17(20)12-19(18)26(23,24)21-13-15-5-4-6-16(11-15)14-22-9-2-3-10-22/h4-8,11-12,21H,2-3,9-10,13-14H2,1H3. The van der Waals surface area contributed by atoms with Gasteiger partial charge in [-0.2, -0.15) is 0 Å². The van der Waals surface area contributed by atoms with Crippen LogP contribution in [0.5, 0.6) is 5.75 Å². The summed E-state index contributed by atoms with van der Waals surface area (Å²) in [6.45, 7) is 3.22. The van der Waals surface area contributed by atoms with Crippen molar-refractivity contribution in [2.45, 2.75) is 30.8 Å². The zero-order chi connectivity index (χ0) is 18.6. The first kappa shape index (κ1) is 18.8. The second-order valence-corrected chi connectivity index (χ2v) is 8.16. The summed E-state index contributed by atoms with van der Waals surface area (Å²) in [5.41, 5.74) is 2.02. The predicted molar refractivity (Wildman–Crippen MR) is 97.9 cm³/mol. The number of nitrogens with zero attached hydrogens (tertiary/aromatic N) is 1. The number of hydrogen-bond donors (Lipinski definition) is 1. The van der Waals surface area contributed by atoms with E-state index in [1.54, 1.807) is 0 Å². The van der Waals surface area contributed by atoms with Gasteiger partial charge in [0.25, 0.3) is 0 Å².